The number of hydrogen-bond donors (Lipinski definition) is 1. The van der Waals surface area contributed by atoms with Gasteiger partial charge in [0.25, 0.3) is 0 Å². The molecule has 2 heterocycles. The zero-order valence-electron chi connectivity index (χ0n) is 22.9. The summed E-state index contributed by atoms with van der Waals surface area (Å²) in [6.07, 6.45) is 3.49. The normalized spacial score (nSPS) is 19.8. The van der Waals surface area contributed by atoms with Gasteiger partial charge in [-0.1, -0.05) is 6.07 Å². The van der Waals surface area contributed by atoms with Crippen molar-refractivity contribution in [2.75, 3.05) is 19.8 Å². The lowest BCUT2D eigenvalue weighted by molar-refractivity contribution is -0.137. The minimum atomic E-state index is -0.833. The van der Waals surface area contributed by atoms with E-state index in [-0.39, 0.29) is 24.5 Å². The Balaban J connectivity index is 1.28. The number of aliphatic carboxylic acids is 1. The molecule has 1 fully saturated rings. The van der Waals surface area contributed by atoms with Crippen molar-refractivity contribution in [3.8, 4) is 34.4 Å². The Bertz CT molecular complexity index is 1480. The Morgan fingerprint density at radius 2 is 1.77 bits per heavy atom. The summed E-state index contributed by atoms with van der Waals surface area (Å²) >= 11 is 0. The van der Waals surface area contributed by atoms with Crippen LogP contribution in [-0.2, 0) is 16.0 Å². The Labute approximate surface area is 234 Å². The van der Waals surface area contributed by atoms with Gasteiger partial charge in [0.2, 0.25) is 0 Å². The molecule has 0 aromatic heterocycles. The molecule has 0 radical (unpaired) electrons. The summed E-state index contributed by atoms with van der Waals surface area (Å²) in [6, 6.07) is 16.2. The molecule has 0 unspecified atom stereocenters. The van der Waals surface area contributed by atoms with Crippen LogP contribution < -0.4 is 14.2 Å². The highest BCUT2D eigenvalue weighted by molar-refractivity contribution is 5.78. The SMILES string of the molecule is Cc1cc(OC2CCOCC2)cc(C)c1-c1cc(C#N)cc2c1CC[C@H]2Oc1ccc2c(c1)OC[C@H]2CC(=O)O. The molecule has 0 bridgehead atoms. The molecular formula is C33H33NO6. The van der Waals surface area contributed by atoms with Gasteiger partial charge in [0.05, 0.1) is 37.9 Å². The summed E-state index contributed by atoms with van der Waals surface area (Å²) in [6.45, 7) is 6.05. The third-order valence-electron chi connectivity index (χ3n) is 8.23. The Kier molecular flexibility index (Phi) is 7.12. The maximum atomic E-state index is 11.2. The van der Waals surface area contributed by atoms with Crippen molar-refractivity contribution in [2.24, 2.45) is 0 Å². The van der Waals surface area contributed by atoms with E-state index in [4.69, 9.17) is 18.9 Å². The van der Waals surface area contributed by atoms with E-state index in [0.717, 1.165) is 78.0 Å². The van der Waals surface area contributed by atoms with Crippen molar-refractivity contribution >= 4 is 5.97 Å². The first-order valence-electron chi connectivity index (χ1n) is 14.0. The molecule has 0 spiro atoms. The molecule has 7 heteroatoms. The molecule has 1 N–H and O–H groups in total. The Morgan fingerprint density at radius 1 is 1.00 bits per heavy atom. The summed E-state index contributed by atoms with van der Waals surface area (Å²) in [5.74, 6) is 1.26. The molecule has 1 aliphatic carbocycles. The number of nitriles is 1. The van der Waals surface area contributed by atoms with Crippen LogP contribution in [0.15, 0.2) is 42.5 Å². The van der Waals surface area contributed by atoms with Gasteiger partial charge in [0, 0.05) is 30.4 Å². The van der Waals surface area contributed by atoms with Gasteiger partial charge in [0.15, 0.2) is 0 Å². The summed E-state index contributed by atoms with van der Waals surface area (Å²) in [5, 5.41) is 19.1. The van der Waals surface area contributed by atoms with Crippen LogP contribution in [0.5, 0.6) is 17.2 Å². The zero-order chi connectivity index (χ0) is 27.8. The van der Waals surface area contributed by atoms with Crippen molar-refractivity contribution < 1.29 is 28.8 Å². The number of carbonyl (C=O) groups is 1. The number of hydrogen-bond acceptors (Lipinski definition) is 6. The molecule has 2 aliphatic heterocycles. The van der Waals surface area contributed by atoms with E-state index < -0.39 is 5.97 Å². The number of aryl methyl sites for hydroxylation is 2. The van der Waals surface area contributed by atoms with E-state index in [1.807, 2.05) is 30.3 Å². The molecule has 2 atom stereocenters. The molecule has 3 aromatic rings. The van der Waals surface area contributed by atoms with E-state index >= 15 is 0 Å². The molecule has 6 rings (SSSR count). The summed E-state index contributed by atoms with van der Waals surface area (Å²) < 4.78 is 24.0. The number of carboxylic acids is 1. The molecular weight excluding hydrogens is 506 g/mol. The van der Waals surface area contributed by atoms with Gasteiger partial charge in [-0.15, -0.1) is 0 Å². The van der Waals surface area contributed by atoms with E-state index in [2.05, 4.69) is 32.0 Å². The molecule has 206 valence electrons. The van der Waals surface area contributed by atoms with Crippen molar-refractivity contribution in [1.29, 1.82) is 5.26 Å². The highest BCUT2D eigenvalue weighted by Crippen LogP contribution is 2.45. The van der Waals surface area contributed by atoms with Crippen molar-refractivity contribution in [3.05, 3.63) is 75.8 Å². The fourth-order valence-corrected chi connectivity index (χ4v) is 6.38. The lowest BCUT2D eigenvalue weighted by Gasteiger charge is -2.24. The monoisotopic (exact) mass is 539 g/mol. The van der Waals surface area contributed by atoms with Crippen LogP contribution in [0.25, 0.3) is 11.1 Å². The Hall–Kier alpha value is -4.02. The molecule has 7 nitrogen and oxygen atoms in total. The second kappa shape index (κ2) is 10.9. The van der Waals surface area contributed by atoms with Gasteiger partial charge >= 0.3 is 5.97 Å². The van der Waals surface area contributed by atoms with E-state index in [0.29, 0.717) is 23.7 Å². The topological polar surface area (TPSA) is 98.0 Å². The maximum Gasteiger partial charge on any atom is 0.304 e. The minimum Gasteiger partial charge on any atom is -0.492 e. The molecule has 0 amide bonds. The summed E-state index contributed by atoms with van der Waals surface area (Å²) in [4.78, 5) is 11.2. The number of fused-ring (bicyclic) bond motifs is 2. The van der Waals surface area contributed by atoms with Crippen LogP contribution in [0.3, 0.4) is 0 Å². The molecule has 3 aliphatic rings. The third kappa shape index (κ3) is 5.12. The van der Waals surface area contributed by atoms with Gasteiger partial charge in [0.1, 0.15) is 29.5 Å². The number of nitrogens with zero attached hydrogens (tertiary/aromatic N) is 1. The minimum absolute atomic E-state index is 0.0460. The van der Waals surface area contributed by atoms with Gasteiger partial charge in [-0.05, 0) is 90.4 Å². The highest BCUT2D eigenvalue weighted by atomic mass is 16.5. The number of rotatable bonds is 7. The highest BCUT2D eigenvalue weighted by Gasteiger charge is 2.31. The smallest absolute Gasteiger partial charge is 0.304 e. The molecule has 3 aromatic carbocycles. The van der Waals surface area contributed by atoms with Crippen molar-refractivity contribution in [3.63, 3.8) is 0 Å². The first-order valence-corrected chi connectivity index (χ1v) is 14.0. The number of ether oxygens (including phenoxy) is 4. The van der Waals surface area contributed by atoms with E-state index in [9.17, 15) is 15.2 Å². The van der Waals surface area contributed by atoms with Gasteiger partial charge < -0.3 is 24.1 Å². The summed E-state index contributed by atoms with van der Waals surface area (Å²) in [5.41, 5.74) is 8.24. The predicted octanol–water partition coefficient (Wildman–Crippen LogP) is 6.42. The maximum absolute atomic E-state index is 11.2. The average molecular weight is 540 g/mol. The average Bonchev–Trinajstić information content (AvgIpc) is 3.52. The van der Waals surface area contributed by atoms with Crippen molar-refractivity contribution in [1.82, 2.24) is 0 Å². The second-order valence-electron chi connectivity index (χ2n) is 11.0. The largest absolute Gasteiger partial charge is 0.492 e. The van der Waals surface area contributed by atoms with Crippen LogP contribution >= 0.6 is 0 Å². The Morgan fingerprint density at radius 3 is 2.50 bits per heavy atom. The van der Waals surface area contributed by atoms with Gasteiger partial charge in [-0.25, -0.2) is 0 Å². The van der Waals surface area contributed by atoms with Crippen LogP contribution in [-0.4, -0.2) is 37.0 Å². The van der Waals surface area contributed by atoms with E-state index in [1.54, 1.807) is 0 Å². The first kappa shape index (κ1) is 26.2. The number of carboxylic acid groups (broad SMARTS) is 1. The number of benzene rings is 3. The summed E-state index contributed by atoms with van der Waals surface area (Å²) in [7, 11) is 0. The first-order chi connectivity index (χ1) is 19.4. The lowest BCUT2D eigenvalue weighted by atomic mass is 9.89. The lowest BCUT2D eigenvalue weighted by Crippen LogP contribution is -2.25. The van der Waals surface area contributed by atoms with Gasteiger partial charge in [-0.2, -0.15) is 5.26 Å². The van der Waals surface area contributed by atoms with Crippen molar-refractivity contribution in [2.45, 2.75) is 64.1 Å². The zero-order valence-corrected chi connectivity index (χ0v) is 22.9. The fraction of sp³-hybridized carbons (Fsp3) is 0.394. The third-order valence-corrected chi connectivity index (χ3v) is 8.23. The molecule has 1 saturated heterocycles. The predicted molar refractivity (Wildman–Crippen MR) is 149 cm³/mol. The quantitative estimate of drug-likeness (QED) is 0.370. The standard InChI is InChI=1S/C33H33NO6/c1-19-11-25(39-23-7-9-37-10-8-23)12-20(2)33(19)29-14-21(17-34)13-28-27(29)5-6-30(28)40-24-3-4-26-22(15-32(35)36)18-38-31(26)16-24/h3-4,11-14,16,22-23,30H,5-10,15,18H2,1-2H3,(H,35,36)/t22-,30-/m1/s1. The van der Waals surface area contributed by atoms with E-state index in [1.165, 1.54) is 5.56 Å². The second-order valence-corrected chi connectivity index (χ2v) is 11.0. The van der Waals surface area contributed by atoms with Crippen LogP contribution in [0.1, 0.15) is 71.1 Å². The van der Waals surface area contributed by atoms with Crippen LogP contribution in [0.4, 0.5) is 0 Å². The fourth-order valence-electron chi connectivity index (χ4n) is 6.38. The molecule has 0 saturated carbocycles. The van der Waals surface area contributed by atoms with Crippen LogP contribution in [0, 0.1) is 25.2 Å². The van der Waals surface area contributed by atoms with Gasteiger partial charge in [-0.3, -0.25) is 4.79 Å². The molecule has 40 heavy (non-hydrogen) atoms. The van der Waals surface area contributed by atoms with Crippen LogP contribution in [0.2, 0.25) is 0 Å².